The third-order valence-electron chi connectivity index (χ3n) is 13.8. The molecule has 0 bridgehead atoms. The van der Waals surface area contributed by atoms with Crippen molar-refractivity contribution in [2.24, 2.45) is 0 Å². The smallest absolute Gasteiger partial charge is 0.268 e. The van der Waals surface area contributed by atoms with Crippen molar-refractivity contribution in [3.63, 3.8) is 0 Å². The Labute approximate surface area is 412 Å². The summed E-state index contributed by atoms with van der Waals surface area (Å²) in [5, 5.41) is 14.0. The molecule has 0 saturated carbocycles. The first-order valence-corrected chi connectivity index (χ1v) is 30.8. The van der Waals surface area contributed by atoms with Gasteiger partial charge >= 0.3 is 0 Å². The lowest BCUT2D eigenvalue weighted by molar-refractivity contribution is -0.870. The molecular formula is C57H117N2O6P. The zero-order chi connectivity index (χ0) is 48.5. The molecule has 0 fully saturated rings. The molecule has 0 aromatic heterocycles. The highest BCUT2D eigenvalue weighted by atomic mass is 31.2. The van der Waals surface area contributed by atoms with E-state index in [1.807, 2.05) is 21.1 Å². The summed E-state index contributed by atoms with van der Waals surface area (Å²) in [7, 11) is 1.33. The number of quaternary nitrogens is 1. The number of hydrogen-bond acceptors (Lipinski definition) is 6. The maximum absolute atomic E-state index is 13.0. The van der Waals surface area contributed by atoms with Crippen LogP contribution in [0.3, 0.4) is 0 Å². The number of aliphatic hydroxyl groups excluding tert-OH is 1. The number of rotatable bonds is 55. The lowest BCUT2D eigenvalue weighted by atomic mass is 10.0. The zero-order valence-corrected chi connectivity index (χ0v) is 46.1. The maximum Gasteiger partial charge on any atom is 0.268 e. The van der Waals surface area contributed by atoms with Crippen LogP contribution in [0, 0.1) is 0 Å². The van der Waals surface area contributed by atoms with Crippen LogP contribution in [0.25, 0.3) is 0 Å². The van der Waals surface area contributed by atoms with Crippen LogP contribution in [-0.4, -0.2) is 68.5 Å². The number of likely N-dealkylation sites (N-methyl/N-ethyl adjacent to an activating group) is 1. The van der Waals surface area contributed by atoms with Crippen molar-refractivity contribution in [1.82, 2.24) is 5.32 Å². The Balaban J connectivity index is 4.06. The molecule has 0 aliphatic heterocycles. The van der Waals surface area contributed by atoms with Crippen LogP contribution in [-0.2, 0) is 18.4 Å². The fraction of sp³-hybridized carbons (Fsp3) is 0.982. The number of phosphoric ester groups is 1. The van der Waals surface area contributed by atoms with E-state index in [1.165, 1.54) is 244 Å². The normalized spacial score (nSPS) is 13.9. The third kappa shape index (κ3) is 51.4. The van der Waals surface area contributed by atoms with Crippen LogP contribution in [0.2, 0.25) is 0 Å². The van der Waals surface area contributed by atoms with E-state index < -0.39 is 20.0 Å². The highest BCUT2D eigenvalue weighted by Crippen LogP contribution is 2.38. The van der Waals surface area contributed by atoms with Gasteiger partial charge in [-0.25, -0.2) is 0 Å². The van der Waals surface area contributed by atoms with E-state index >= 15 is 0 Å². The summed E-state index contributed by atoms with van der Waals surface area (Å²) in [5.74, 6) is -0.156. The summed E-state index contributed by atoms with van der Waals surface area (Å²) in [6.07, 6.45) is 58.5. The maximum atomic E-state index is 13.0. The van der Waals surface area contributed by atoms with E-state index in [-0.39, 0.29) is 19.1 Å². The Morgan fingerprint density at radius 2 is 0.742 bits per heavy atom. The number of nitrogens with zero attached hydrogens (tertiary/aromatic N) is 1. The molecule has 3 atom stereocenters. The number of aliphatic hydroxyl groups is 1. The van der Waals surface area contributed by atoms with Crippen molar-refractivity contribution in [2.75, 3.05) is 40.9 Å². The summed E-state index contributed by atoms with van der Waals surface area (Å²) >= 11 is 0. The second-order valence-corrected chi connectivity index (χ2v) is 23.1. The van der Waals surface area contributed by atoms with E-state index in [2.05, 4.69) is 19.2 Å². The molecule has 0 aliphatic rings. The topological polar surface area (TPSA) is 108 Å². The molecule has 2 N–H and O–H groups in total. The van der Waals surface area contributed by atoms with E-state index in [9.17, 15) is 19.4 Å². The molecule has 0 spiro atoms. The number of unbranched alkanes of at least 4 members (excludes halogenated alkanes) is 42. The molecule has 0 heterocycles. The van der Waals surface area contributed by atoms with Gasteiger partial charge in [0.15, 0.2) is 0 Å². The van der Waals surface area contributed by atoms with Crippen LogP contribution in [0.1, 0.15) is 309 Å². The molecule has 9 heteroatoms. The summed E-state index contributed by atoms with van der Waals surface area (Å²) in [6, 6.07) is -0.795. The summed E-state index contributed by atoms with van der Waals surface area (Å²) in [6.45, 7) is 4.78. The van der Waals surface area contributed by atoms with Crippen molar-refractivity contribution in [3.8, 4) is 0 Å². The minimum absolute atomic E-state index is 0.0166. The number of carbonyl (C=O) groups excluding carboxylic acids is 1. The van der Waals surface area contributed by atoms with Crippen LogP contribution < -0.4 is 10.2 Å². The molecule has 1 amide bonds. The Bertz CT molecular complexity index is 1040. The Morgan fingerprint density at radius 3 is 1.03 bits per heavy atom. The van der Waals surface area contributed by atoms with E-state index in [1.54, 1.807) is 0 Å². The Hall–Kier alpha value is -0.500. The van der Waals surface area contributed by atoms with Gasteiger partial charge in [0.1, 0.15) is 13.2 Å². The Kier molecular flexibility index (Phi) is 49.1. The first-order valence-electron chi connectivity index (χ1n) is 29.4. The molecule has 0 aromatic carbocycles. The minimum Gasteiger partial charge on any atom is -0.756 e. The van der Waals surface area contributed by atoms with E-state index in [4.69, 9.17) is 9.05 Å². The first-order chi connectivity index (χ1) is 32.0. The number of hydrogen-bond donors (Lipinski definition) is 2. The Morgan fingerprint density at radius 1 is 0.470 bits per heavy atom. The van der Waals surface area contributed by atoms with E-state index in [0.717, 1.165) is 38.5 Å². The lowest BCUT2D eigenvalue weighted by Gasteiger charge is -2.30. The van der Waals surface area contributed by atoms with Gasteiger partial charge in [0.05, 0.1) is 39.9 Å². The minimum atomic E-state index is -4.57. The van der Waals surface area contributed by atoms with Crippen molar-refractivity contribution in [2.45, 2.75) is 321 Å². The molecule has 0 radical (unpaired) electrons. The largest absolute Gasteiger partial charge is 0.756 e. The van der Waals surface area contributed by atoms with Gasteiger partial charge in [-0.15, -0.1) is 0 Å². The molecule has 0 saturated heterocycles. The average molecular weight is 958 g/mol. The standard InChI is InChI=1S/C57H117N2O6P/c1-6-8-10-12-14-16-18-20-22-24-25-26-27-28-29-30-31-32-33-35-37-39-41-43-45-47-49-51-57(61)58-55(54-65-66(62,63)64-53-52-59(3,4)5)56(60)50-48-46-44-42-40-38-36-34-23-21-19-17-15-13-11-9-7-2/h55-56,60H,6-54H2,1-5H3,(H-,58,61,62,63). The van der Waals surface area contributed by atoms with Gasteiger partial charge in [0.25, 0.3) is 7.82 Å². The molecule has 396 valence electrons. The summed E-state index contributed by atoms with van der Waals surface area (Å²) < 4.78 is 23.4. The number of amides is 1. The predicted octanol–water partition coefficient (Wildman–Crippen LogP) is 17.0. The number of phosphoric acid groups is 1. The summed E-state index contributed by atoms with van der Waals surface area (Å²) in [4.78, 5) is 25.5. The predicted molar refractivity (Wildman–Crippen MR) is 284 cm³/mol. The quantitative estimate of drug-likeness (QED) is 0.0357. The highest BCUT2D eigenvalue weighted by molar-refractivity contribution is 7.45. The SMILES string of the molecule is CCCCCCCCCCCCCCCCCCCCCCCCCCCCCC(=O)NC(COP(=O)([O-])OCC[N+](C)(C)C)C(O)CCCCCCCCCCCCCCCCCCC. The average Bonchev–Trinajstić information content (AvgIpc) is 3.28. The van der Waals surface area contributed by atoms with Crippen molar-refractivity contribution >= 4 is 13.7 Å². The van der Waals surface area contributed by atoms with Crippen LogP contribution in [0.4, 0.5) is 0 Å². The van der Waals surface area contributed by atoms with Crippen LogP contribution >= 0.6 is 7.82 Å². The molecule has 0 aliphatic carbocycles. The second-order valence-electron chi connectivity index (χ2n) is 21.7. The second kappa shape index (κ2) is 49.5. The summed E-state index contributed by atoms with van der Waals surface area (Å²) in [5.41, 5.74) is 0. The van der Waals surface area contributed by atoms with Crippen LogP contribution in [0.15, 0.2) is 0 Å². The van der Waals surface area contributed by atoms with Crippen molar-refractivity contribution in [3.05, 3.63) is 0 Å². The highest BCUT2D eigenvalue weighted by Gasteiger charge is 2.24. The fourth-order valence-corrected chi connectivity index (χ4v) is 9.94. The lowest BCUT2D eigenvalue weighted by Crippen LogP contribution is -2.46. The van der Waals surface area contributed by atoms with Gasteiger partial charge in [0.2, 0.25) is 5.91 Å². The molecular weight excluding hydrogens is 840 g/mol. The molecule has 0 rings (SSSR count). The van der Waals surface area contributed by atoms with Gasteiger partial charge in [0, 0.05) is 6.42 Å². The van der Waals surface area contributed by atoms with Gasteiger partial charge in [-0.1, -0.05) is 290 Å². The monoisotopic (exact) mass is 957 g/mol. The van der Waals surface area contributed by atoms with Gasteiger partial charge in [-0.3, -0.25) is 9.36 Å². The molecule has 66 heavy (non-hydrogen) atoms. The van der Waals surface area contributed by atoms with Gasteiger partial charge in [-0.05, 0) is 12.8 Å². The fourth-order valence-electron chi connectivity index (χ4n) is 9.22. The third-order valence-corrected chi connectivity index (χ3v) is 14.8. The molecule has 3 unspecified atom stereocenters. The van der Waals surface area contributed by atoms with Gasteiger partial charge in [-0.2, -0.15) is 0 Å². The zero-order valence-electron chi connectivity index (χ0n) is 45.2. The number of nitrogens with one attached hydrogen (secondary N) is 1. The van der Waals surface area contributed by atoms with Crippen molar-refractivity contribution < 1.29 is 32.9 Å². The van der Waals surface area contributed by atoms with E-state index in [0.29, 0.717) is 23.9 Å². The first kappa shape index (κ1) is 65.5. The number of carbonyl (C=O) groups is 1. The van der Waals surface area contributed by atoms with Crippen LogP contribution in [0.5, 0.6) is 0 Å². The van der Waals surface area contributed by atoms with Gasteiger partial charge < -0.3 is 28.8 Å². The molecule has 0 aromatic rings. The molecule has 8 nitrogen and oxygen atoms in total. The van der Waals surface area contributed by atoms with Crippen molar-refractivity contribution in [1.29, 1.82) is 0 Å².